The molecule has 0 atom stereocenters. The maximum atomic E-state index is 5.91. The molecule has 0 spiro atoms. The molecule has 0 aliphatic carbocycles. The number of nitrogens with zero attached hydrogens (tertiary/aromatic N) is 1. The number of methoxy groups -OCH3 is 1. The SMILES string of the molecule is COCCCSc1ccc(N)c2ncccc12. The van der Waals surface area contributed by atoms with Gasteiger partial charge in [-0.2, -0.15) is 0 Å². The van der Waals surface area contributed by atoms with Crippen LogP contribution in [0.3, 0.4) is 0 Å². The number of pyridine rings is 1. The molecular formula is C13H16N2OS. The van der Waals surface area contributed by atoms with Gasteiger partial charge in [0, 0.05) is 35.9 Å². The summed E-state index contributed by atoms with van der Waals surface area (Å²) in [7, 11) is 1.73. The molecule has 2 rings (SSSR count). The van der Waals surface area contributed by atoms with E-state index in [1.165, 1.54) is 4.90 Å². The van der Waals surface area contributed by atoms with E-state index in [1.54, 1.807) is 13.3 Å². The molecule has 1 aromatic carbocycles. The van der Waals surface area contributed by atoms with Crippen molar-refractivity contribution in [3.8, 4) is 0 Å². The molecule has 2 N–H and O–H groups in total. The van der Waals surface area contributed by atoms with Gasteiger partial charge in [-0.3, -0.25) is 4.98 Å². The van der Waals surface area contributed by atoms with Crippen molar-refractivity contribution in [2.24, 2.45) is 0 Å². The minimum atomic E-state index is 0.738. The summed E-state index contributed by atoms with van der Waals surface area (Å²) >= 11 is 1.82. The summed E-state index contributed by atoms with van der Waals surface area (Å²) in [5.74, 6) is 1.04. The van der Waals surface area contributed by atoms with Crippen LogP contribution in [0.2, 0.25) is 0 Å². The molecule has 1 heterocycles. The molecule has 0 bridgehead atoms. The number of benzene rings is 1. The summed E-state index contributed by atoms with van der Waals surface area (Å²) in [6.45, 7) is 0.804. The van der Waals surface area contributed by atoms with Gasteiger partial charge < -0.3 is 10.5 Å². The van der Waals surface area contributed by atoms with Gasteiger partial charge in [0.2, 0.25) is 0 Å². The molecule has 0 unspecified atom stereocenters. The van der Waals surface area contributed by atoms with Crippen molar-refractivity contribution in [2.75, 3.05) is 25.2 Å². The smallest absolute Gasteiger partial charge is 0.0942 e. The lowest BCUT2D eigenvalue weighted by Crippen LogP contribution is -1.93. The van der Waals surface area contributed by atoms with E-state index in [0.29, 0.717) is 0 Å². The van der Waals surface area contributed by atoms with Gasteiger partial charge in [0.15, 0.2) is 0 Å². The summed E-state index contributed by atoms with van der Waals surface area (Å²) in [6.07, 6.45) is 2.82. The molecule has 0 aliphatic heterocycles. The summed E-state index contributed by atoms with van der Waals surface area (Å²) in [6, 6.07) is 8.00. The third-order valence-corrected chi connectivity index (χ3v) is 3.67. The van der Waals surface area contributed by atoms with Crippen LogP contribution in [-0.2, 0) is 4.74 Å². The Balaban J connectivity index is 2.20. The topological polar surface area (TPSA) is 48.1 Å². The highest BCUT2D eigenvalue weighted by Crippen LogP contribution is 2.30. The zero-order valence-electron chi connectivity index (χ0n) is 9.85. The van der Waals surface area contributed by atoms with Gasteiger partial charge >= 0.3 is 0 Å². The number of fused-ring (bicyclic) bond motifs is 1. The lowest BCUT2D eigenvalue weighted by molar-refractivity contribution is 0.200. The fourth-order valence-corrected chi connectivity index (χ4v) is 2.65. The third kappa shape index (κ3) is 2.90. The van der Waals surface area contributed by atoms with Gasteiger partial charge in [-0.1, -0.05) is 6.07 Å². The van der Waals surface area contributed by atoms with Crippen LogP contribution in [0, 0.1) is 0 Å². The Kier molecular flexibility index (Phi) is 4.23. The van der Waals surface area contributed by atoms with Crippen molar-refractivity contribution in [3.63, 3.8) is 0 Å². The predicted molar refractivity (Wildman–Crippen MR) is 73.4 cm³/mol. The average molecular weight is 248 g/mol. The predicted octanol–water partition coefficient (Wildman–Crippen LogP) is 2.95. The van der Waals surface area contributed by atoms with Crippen molar-refractivity contribution in [1.82, 2.24) is 4.98 Å². The Morgan fingerprint density at radius 2 is 2.24 bits per heavy atom. The van der Waals surface area contributed by atoms with E-state index in [2.05, 4.69) is 17.1 Å². The number of nitrogens with two attached hydrogens (primary N) is 1. The summed E-state index contributed by atoms with van der Waals surface area (Å²) in [4.78, 5) is 5.56. The Bertz CT molecular complexity index is 502. The first-order valence-corrected chi connectivity index (χ1v) is 6.56. The number of hydrogen-bond acceptors (Lipinski definition) is 4. The number of ether oxygens (including phenoxy) is 1. The average Bonchev–Trinajstić information content (AvgIpc) is 2.37. The highest BCUT2D eigenvalue weighted by Gasteiger charge is 2.04. The van der Waals surface area contributed by atoms with Crippen LogP contribution >= 0.6 is 11.8 Å². The minimum Gasteiger partial charge on any atom is -0.397 e. The fraction of sp³-hybridized carbons (Fsp3) is 0.308. The van der Waals surface area contributed by atoms with Crippen LogP contribution < -0.4 is 5.73 Å². The lowest BCUT2D eigenvalue weighted by atomic mass is 10.2. The molecule has 4 heteroatoms. The summed E-state index contributed by atoms with van der Waals surface area (Å²) in [5.41, 5.74) is 7.54. The highest BCUT2D eigenvalue weighted by molar-refractivity contribution is 7.99. The van der Waals surface area contributed by atoms with Crippen molar-refractivity contribution in [3.05, 3.63) is 30.5 Å². The number of anilines is 1. The summed E-state index contributed by atoms with van der Waals surface area (Å²) in [5, 5.41) is 1.13. The molecule has 2 aromatic rings. The Morgan fingerprint density at radius 1 is 1.35 bits per heavy atom. The van der Waals surface area contributed by atoms with Gasteiger partial charge in [0.05, 0.1) is 11.2 Å². The van der Waals surface area contributed by atoms with Crippen LogP contribution in [0.25, 0.3) is 10.9 Å². The van der Waals surface area contributed by atoms with Crippen LogP contribution in [0.5, 0.6) is 0 Å². The first kappa shape index (κ1) is 12.2. The van der Waals surface area contributed by atoms with Gasteiger partial charge in [-0.05, 0) is 24.6 Å². The zero-order chi connectivity index (χ0) is 12.1. The molecule has 3 nitrogen and oxygen atoms in total. The van der Waals surface area contributed by atoms with Crippen LogP contribution in [0.15, 0.2) is 35.4 Å². The third-order valence-electron chi connectivity index (χ3n) is 2.51. The van der Waals surface area contributed by atoms with Crippen LogP contribution in [0.4, 0.5) is 5.69 Å². The number of thioether (sulfide) groups is 1. The van der Waals surface area contributed by atoms with E-state index in [1.807, 2.05) is 23.9 Å². The molecule has 17 heavy (non-hydrogen) atoms. The Labute approximate surface area is 105 Å². The number of aromatic nitrogens is 1. The van der Waals surface area contributed by atoms with Crippen molar-refractivity contribution in [1.29, 1.82) is 0 Å². The quantitative estimate of drug-likeness (QED) is 0.502. The van der Waals surface area contributed by atoms with Gasteiger partial charge in [0.25, 0.3) is 0 Å². The maximum Gasteiger partial charge on any atom is 0.0942 e. The second-order valence-electron chi connectivity index (χ2n) is 3.75. The lowest BCUT2D eigenvalue weighted by Gasteiger charge is -2.07. The van der Waals surface area contributed by atoms with Gasteiger partial charge in [0.1, 0.15) is 0 Å². The van der Waals surface area contributed by atoms with E-state index in [0.717, 1.165) is 35.4 Å². The standard InChI is InChI=1S/C13H16N2OS/c1-16-8-3-9-17-12-6-5-11(14)13-10(12)4-2-7-15-13/h2,4-7H,3,8-9,14H2,1H3. The first-order chi connectivity index (χ1) is 8.33. The maximum absolute atomic E-state index is 5.91. The molecule has 0 aliphatic rings. The van der Waals surface area contributed by atoms with Gasteiger partial charge in [-0.25, -0.2) is 0 Å². The summed E-state index contributed by atoms with van der Waals surface area (Å²) < 4.78 is 5.04. The molecule has 0 amide bonds. The molecule has 0 radical (unpaired) electrons. The largest absolute Gasteiger partial charge is 0.397 e. The molecule has 90 valence electrons. The van der Waals surface area contributed by atoms with E-state index in [-0.39, 0.29) is 0 Å². The molecular weight excluding hydrogens is 232 g/mol. The number of nitrogen functional groups attached to an aromatic ring is 1. The second kappa shape index (κ2) is 5.89. The van der Waals surface area contributed by atoms with Crippen molar-refractivity contribution in [2.45, 2.75) is 11.3 Å². The Morgan fingerprint density at radius 3 is 3.06 bits per heavy atom. The fourth-order valence-electron chi connectivity index (χ4n) is 1.68. The second-order valence-corrected chi connectivity index (χ2v) is 4.88. The molecule has 0 saturated heterocycles. The van der Waals surface area contributed by atoms with Crippen LogP contribution in [-0.4, -0.2) is 24.5 Å². The van der Waals surface area contributed by atoms with E-state index in [4.69, 9.17) is 10.5 Å². The monoisotopic (exact) mass is 248 g/mol. The van der Waals surface area contributed by atoms with Crippen LogP contribution in [0.1, 0.15) is 6.42 Å². The zero-order valence-corrected chi connectivity index (χ0v) is 10.7. The van der Waals surface area contributed by atoms with Crippen molar-refractivity contribution < 1.29 is 4.74 Å². The normalized spacial score (nSPS) is 10.9. The van der Waals surface area contributed by atoms with Crippen molar-refractivity contribution >= 4 is 28.4 Å². The number of hydrogen-bond donors (Lipinski definition) is 1. The Hall–Kier alpha value is -1.26. The molecule has 0 fully saturated rings. The highest BCUT2D eigenvalue weighted by atomic mass is 32.2. The number of rotatable bonds is 5. The van der Waals surface area contributed by atoms with Gasteiger partial charge in [-0.15, -0.1) is 11.8 Å². The van der Waals surface area contributed by atoms with E-state index in [9.17, 15) is 0 Å². The molecule has 0 saturated carbocycles. The first-order valence-electron chi connectivity index (χ1n) is 5.58. The van der Waals surface area contributed by atoms with E-state index < -0.39 is 0 Å². The van der Waals surface area contributed by atoms with E-state index >= 15 is 0 Å². The minimum absolute atomic E-state index is 0.738. The molecule has 1 aromatic heterocycles.